The SMILES string of the molecule is CCc1cc(Br)ccc1C#N.CCc1cc(C2=CCNCC2)ccc1C#N. The van der Waals surface area contributed by atoms with Gasteiger partial charge in [-0.15, -0.1) is 0 Å². The minimum atomic E-state index is 0.774. The van der Waals surface area contributed by atoms with Crippen LogP contribution in [0.2, 0.25) is 0 Å². The molecule has 0 bridgehead atoms. The fraction of sp³-hybridized carbons (Fsp3) is 0.304. The molecule has 1 aliphatic rings. The van der Waals surface area contributed by atoms with E-state index in [-0.39, 0.29) is 0 Å². The highest BCUT2D eigenvalue weighted by atomic mass is 79.9. The van der Waals surface area contributed by atoms with Crippen LogP contribution >= 0.6 is 15.9 Å². The standard InChI is InChI=1S/C14H16N2.C9H8BrN/c1-2-11-9-13(3-4-14(11)10-15)12-5-7-16-8-6-12;1-2-7-5-9(10)4-3-8(7)6-11/h3-5,9,16H,2,6-8H2,1H3;3-5H,2H2,1H3. The molecule has 138 valence electrons. The normalized spacial score (nSPS) is 12.9. The number of rotatable bonds is 3. The molecular weight excluding hydrogens is 398 g/mol. The number of aryl methyl sites for hydroxylation is 2. The molecule has 2 aromatic carbocycles. The van der Waals surface area contributed by atoms with Gasteiger partial charge in [-0.1, -0.05) is 48.0 Å². The van der Waals surface area contributed by atoms with Crippen molar-refractivity contribution in [3.05, 3.63) is 74.8 Å². The van der Waals surface area contributed by atoms with Crippen LogP contribution in [-0.2, 0) is 12.8 Å². The molecule has 0 aliphatic carbocycles. The summed E-state index contributed by atoms with van der Waals surface area (Å²) in [6, 6.07) is 16.3. The number of halogens is 1. The molecule has 0 unspecified atom stereocenters. The number of hydrogen-bond donors (Lipinski definition) is 1. The fourth-order valence-corrected chi connectivity index (χ4v) is 3.45. The summed E-state index contributed by atoms with van der Waals surface area (Å²) in [6.07, 6.45) is 5.14. The Morgan fingerprint density at radius 2 is 1.59 bits per heavy atom. The summed E-state index contributed by atoms with van der Waals surface area (Å²) in [6.45, 7) is 6.14. The van der Waals surface area contributed by atoms with Gasteiger partial charge in [-0.05, 0) is 72.3 Å². The molecule has 0 aromatic heterocycles. The van der Waals surface area contributed by atoms with Crippen molar-refractivity contribution >= 4 is 21.5 Å². The van der Waals surface area contributed by atoms with Gasteiger partial charge in [0.1, 0.15) is 0 Å². The van der Waals surface area contributed by atoms with Gasteiger partial charge in [0.15, 0.2) is 0 Å². The third kappa shape index (κ3) is 5.79. The van der Waals surface area contributed by atoms with Crippen LogP contribution < -0.4 is 5.32 Å². The Morgan fingerprint density at radius 3 is 2.15 bits per heavy atom. The molecule has 0 atom stereocenters. The van der Waals surface area contributed by atoms with Gasteiger partial charge in [0.05, 0.1) is 23.3 Å². The van der Waals surface area contributed by atoms with Crippen LogP contribution in [0.25, 0.3) is 5.57 Å². The first-order valence-corrected chi connectivity index (χ1v) is 10.0. The zero-order valence-electron chi connectivity index (χ0n) is 15.8. The lowest BCUT2D eigenvalue weighted by Gasteiger charge is -2.15. The Kier molecular flexibility index (Phi) is 8.27. The summed E-state index contributed by atoms with van der Waals surface area (Å²) in [5.41, 5.74) is 6.51. The Morgan fingerprint density at radius 1 is 0.963 bits per heavy atom. The molecule has 3 nitrogen and oxygen atoms in total. The second-order valence-corrected chi connectivity index (χ2v) is 7.20. The van der Waals surface area contributed by atoms with Crippen LogP contribution in [0.15, 0.2) is 46.9 Å². The second-order valence-electron chi connectivity index (χ2n) is 6.29. The van der Waals surface area contributed by atoms with E-state index in [1.165, 1.54) is 11.1 Å². The van der Waals surface area contributed by atoms with Gasteiger partial charge in [-0.25, -0.2) is 0 Å². The minimum Gasteiger partial charge on any atom is -0.313 e. The Hall–Kier alpha value is -2.40. The Bertz CT molecular complexity index is 901. The summed E-state index contributed by atoms with van der Waals surface area (Å²) < 4.78 is 1.04. The van der Waals surface area contributed by atoms with Crippen molar-refractivity contribution in [2.45, 2.75) is 33.1 Å². The smallest absolute Gasteiger partial charge is 0.0994 e. The fourth-order valence-electron chi connectivity index (χ4n) is 3.04. The lowest BCUT2D eigenvalue weighted by atomic mass is 9.95. The summed E-state index contributed by atoms with van der Waals surface area (Å²) in [4.78, 5) is 0. The number of nitrogens with zero attached hydrogens (tertiary/aromatic N) is 2. The molecule has 2 aromatic rings. The van der Waals surface area contributed by atoms with Gasteiger partial charge in [0.25, 0.3) is 0 Å². The number of nitriles is 2. The van der Waals surface area contributed by atoms with Gasteiger partial charge >= 0.3 is 0 Å². The average Bonchev–Trinajstić information content (AvgIpc) is 2.74. The first-order valence-electron chi connectivity index (χ1n) is 9.24. The first-order chi connectivity index (χ1) is 13.1. The summed E-state index contributed by atoms with van der Waals surface area (Å²) in [7, 11) is 0. The van der Waals surface area contributed by atoms with Crippen LogP contribution in [0.5, 0.6) is 0 Å². The van der Waals surface area contributed by atoms with E-state index in [0.717, 1.165) is 59.1 Å². The monoisotopic (exact) mass is 421 g/mol. The highest BCUT2D eigenvalue weighted by Gasteiger charge is 2.08. The molecule has 0 saturated carbocycles. The van der Waals surface area contributed by atoms with Crippen LogP contribution in [0.4, 0.5) is 0 Å². The zero-order valence-corrected chi connectivity index (χ0v) is 17.4. The van der Waals surface area contributed by atoms with Crippen molar-refractivity contribution in [3.8, 4) is 12.1 Å². The maximum atomic E-state index is 8.98. The van der Waals surface area contributed by atoms with E-state index in [1.807, 2.05) is 31.2 Å². The topological polar surface area (TPSA) is 59.6 Å². The van der Waals surface area contributed by atoms with Crippen molar-refractivity contribution in [1.29, 1.82) is 10.5 Å². The predicted molar refractivity (Wildman–Crippen MR) is 114 cm³/mol. The molecule has 1 aliphatic heterocycles. The molecule has 0 saturated heterocycles. The van der Waals surface area contributed by atoms with Crippen LogP contribution in [0.1, 0.15) is 48.1 Å². The molecule has 27 heavy (non-hydrogen) atoms. The number of benzene rings is 2. The van der Waals surface area contributed by atoms with Gasteiger partial charge < -0.3 is 5.32 Å². The van der Waals surface area contributed by atoms with E-state index in [4.69, 9.17) is 10.5 Å². The van der Waals surface area contributed by atoms with E-state index in [1.54, 1.807) is 0 Å². The molecule has 1 N–H and O–H groups in total. The van der Waals surface area contributed by atoms with E-state index in [9.17, 15) is 0 Å². The second kappa shape index (κ2) is 10.7. The Labute approximate surface area is 170 Å². The lowest BCUT2D eigenvalue weighted by molar-refractivity contribution is 0.738. The van der Waals surface area contributed by atoms with E-state index >= 15 is 0 Å². The van der Waals surface area contributed by atoms with Crippen molar-refractivity contribution in [3.63, 3.8) is 0 Å². The third-order valence-electron chi connectivity index (χ3n) is 4.61. The summed E-state index contributed by atoms with van der Waals surface area (Å²) in [5, 5.41) is 21.0. The average molecular weight is 422 g/mol. The number of hydrogen-bond acceptors (Lipinski definition) is 3. The minimum absolute atomic E-state index is 0.774. The highest BCUT2D eigenvalue weighted by molar-refractivity contribution is 9.10. The van der Waals surface area contributed by atoms with Crippen molar-refractivity contribution in [1.82, 2.24) is 5.32 Å². The third-order valence-corrected chi connectivity index (χ3v) is 5.10. The van der Waals surface area contributed by atoms with Crippen LogP contribution in [0, 0.1) is 22.7 Å². The molecule has 1 heterocycles. The lowest BCUT2D eigenvalue weighted by Crippen LogP contribution is -2.20. The van der Waals surface area contributed by atoms with Gasteiger partial charge in [-0.2, -0.15) is 10.5 Å². The van der Waals surface area contributed by atoms with Crippen LogP contribution in [0.3, 0.4) is 0 Å². The van der Waals surface area contributed by atoms with E-state index in [0.29, 0.717) is 0 Å². The molecular formula is C23H24BrN3. The summed E-state index contributed by atoms with van der Waals surface area (Å²) >= 11 is 3.36. The maximum absolute atomic E-state index is 8.98. The quantitative estimate of drug-likeness (QED) is 0.723. The highest BCUT2D eigenvalue weighted by Crippen LogP contribution is 2.22. The maximum Gasteiger partial charge on any atom is 0.0994 e. The van der Waals surface area contributed by atoms with Gasteiger partial charge in [-0.3, -0.25) is 0 Å². The molecule has 0 amide bonds. The van der Waals surface area contributed by atoms with Crippen LogP contribution in [-0.4, -0.2) is 13.1 Å². The number of nitrogens with one attached hydrogen (secondary N) is 1. The molecule has 4 heteroatoms. The Balaban J connectivity index is 0.000000208. The van der Waals surface area contributed by atoms with Crippen molar-refractivity contribution in [2.75, 3.05) is 13.1 Å². The molecule has 0 radical (unpaired) electrons. The predicted octanol–water partition coefficient (Wildman–Crippen LogP) is 5.38. The van der Waals surface area contributed by atoms with Gasteiger partial charge in [0.2, 0.25) is 0 Å². The zero-order chi connectivity index (χ0) is 19.6. The largest absolute Gasteiger partial charge is 0.313 e. The molecule has 3 rings (SSSR count). The van der Waals surface area contributed by atoms with Crippen molar-refractivity contribution < 1.29 is 0 Å². The first kappa shape index (κ1) is 20.9. The molecule has 0 fully saturated rings. The van der Waals surface area contributed by atoms with Crippen molar-refractivity contribution in [2.24, 2.45) is 0 Å². The molecule has 0 spiro atoms. The summed E-state index contributed by atoms with van der Waals surface area (Å²) in [5.74, 6) is 0. The van der Waals surface area contributed by atoms with E-state index in [2.05, 4.69) is 58.5 Å². The van der Waals surface area contributed by atoms with Gasteiger partial charge in [0, 0.05) is 11.0 Å². The van der Waals surface area contributed by atoms with E-state index < -0.39 is 0 Å².